The van der Waals surface area contributed by atoms with Crippen molar-refractivity contribution in [3.63, 3.8) is 0 Å². The van der Waals surface area contributed by atoms with Crippen LogP contribution in [0.4, 0.5) is 5.69 Å². The minimum Gasteiger partial charge on any atom is -0.465 e. The lowest BCUT2D eigenvalue weighted by atomic mass is 10.2. The molecule has 2 aromatic rings. The van der Waals surface area contributed by atoms with E-state index in [4.69, 9.17) is 23.2 Å². The average Bonchev–Trinajstić information content (AvgIpc) is 2.52. The van der Waals surface area contributed by atoms with Gasteiger partial charge in [0.1, 0.15) is 0 Å². The van der Waals surface area contributed by atoms with Crippen LogP contribution in [-0.4, -0.2) is 28.5 Å². The average molecular weight is 374 g/mol. The number of halogens is 2. The molecule has 0 aromatic heterocycles. The molecule has 23 heavy (non-hydrogen) atoms. The molecular weight excluding hydrogens is 361 g/mol. The molecule has 0 fully saturated rings. The molecule has 0 unspecified atom stereocenters. The maximum absolute atomic E-state index is 12.6. The molecule has 0 amide bonds. The predicted octanol–water partition coefficient (Wildman–Crippen LogP) is 3.61. The highest BCUT2D eigenvalue weighted by Gasteiger charge is 2.22. The molecule has 0 spiro atoms. The summed E-state index contributed by atoms with van der Waals surface area (Å²) in [6.45, 7) is 0. The lowest BCUT2D eigenvalue weighted by Gasteiger charge is -2.20. The van der Waals surface area contributed by atoms with Crippen molar-refractivity contribution in [2.75, 3.05) is 18.5 Å². The van der Waals surface area contributed by atoms with Crippen LogP contribution in [0.15, 0.2) is 47.4 Å². The second-order valence-corrected chi connectivity index (χ2v) is 7.46. The summed E-state index contributed by atoms with van der Waals surface area (Å²) in [6.07, 6.45) is 0. The fourth-order valence-corrected chi connectivity index (χ4v) is 3.82. The molecule has 0 saturated heterocycles. The van der Waals surface area contributed by atoms with Gasteiger partial charge in [-0.3, -0.25) is 4.31 Å². The zero-order valence-electron chi connectivity index (χ0n) is 12.3. The fourth-order valence-electron chi connectivity index (χ4n) is 1.90. The van der Waals surface area contributed by atoms with Crippen LogP contribution in [-0.2, 0) is 14.8 Å². The van der Waals surface area contributed by atoms with Crippen LogP contribution in [0.25, 0.3) is 0 Å². The number of sulfonamides is 1. The number of esters is 1. The van der Waals surface area contributed by atoms with Gasteiger partial charge >= 0.3 is 5.97 Å². The van der Waals surface area contributed by atoms with Crippen molar-refractivity contribution in [1.82, 2.24) is 0 Å². The lowest BCUT2D eigenvalue weighted by molar-refractivity contribution is 0.0601. The Balaban J connectivity index is 2.38. The summed E-state index contributed by atoms with van der Waals surface area (Å²) in [5, 5.41) is 0.455. The van der Waals surface area contributed by atoms with E-state index in [-0.39, 0.29) is 14.9 Å². The van der Waals surface area contributed by atoms with Crippen molar-refractivity contribution >= 4 is 44.9 Å². The van der Waals surface area contributed by atoms with Gasteiger partial charge in [0, 0.05) is 17.1 Å². The Bertz CT molecular complexity index is 815. The van der Waals surface area contributed by atoms with E-state index >= 15 is 0 Å². The molecule has 8 heteroatoms. The summed E-state index contributed by atoms with van der Waals surface area (Å²) in [6, 6.07) is 10.1. The number of hydrogen-bond acceptors (Lipinski definition) is 4. The van der Waals surface area contributed by atoms with E-state index in [1.807, 2.05) is 0 Å². The maximum Gasteiger partial charge on any atom is 0.337 e. The number of anilines is 1. The summed E-state index contributed by atoms with van der Waals surface area (Å²) in [4.78, 5) is 11.4. The van der Waals surface area contributed by atoms with Gasteiger partial charge in [0.05, 0.1) is 23.3 Å². The number of methoxy groups -OCH3 is 1. The van der Waals surface area contributed by atoms with E-state index in [2.05, 4.69) is 4.74 Å². The molecule has 0 saturated carbocycles. The number of carbonyl (C=O) groups excluding carboxylic acids is 1. The van der Waals surface area contributed by atoms with Gasteiger partial charge in [-0.25, -0.2) is 13.2 Å². The summed E-state index contributed by atoms with van der Waals surface area (Å²) < 4.78 is 30.9. The highest BCUT2D eigenvalue weighted by molar-refractivity contribution is 7.92. The third-order valence-electron chi connectivity index (χ3n) is 3.15. The molecule has 122 valence electrons. The molecule has 5 nitrogen and oxygen atoms in total. The fraction of sp³-hybridized carbons (Fsp3) is 0.133. The van der Waals surface area contributed by atoms with Gasteiger partial charge in [0.15, 0.2) is 0 Å². The Morgan fingerprint density at radius 2 is 1.57 bits per heavy atom. The van der Waals surface area contributed by atoms with Crippen molar-refractivity contribution in [3.05, 3.63) is 58.1 Å². The molecule has 0 atom stereocenters. The van der Waals surface area contributed by atoms with Gasteiger partial charge in [0.2, 0.25) is 0 Å². The van der Waals surface area contributed by atoms with E-state index < -0.39 is 16.0 Å². The standard InChI is InChI=1S/C15H13Cl2NO4S/c1-18(13-5-3-10(4-6-13)15(19)22-2)23(20,21)14-8-11(16)7-12(17)9-14/h3-9H,1-2H3. The zero-order valence-corrected chi connectivity index (χ0v) is 14.6. The molecule has 0 bridgehead atoms. The van der Waals surface area contributed by atoms with E-state index in [0.717, 1.165) is 4.31 Å². The largest absolute Gasteiger partial charge is 0.465 e. The summed E-state index contributed by atoms with van der Waals surface area (Å²) in [7, 11) is -1.15. The summed E-state index contributed by atoms with van der Waals surface area (Å²) in [5.74, 6) is -0.497. The third kappa shape index (κ3) is 3.77. The highest BCUT2D eigenvalue weighted by atomic mass is 35.5. The minimum absolute atomic E-state index is 0.0189. The van der Waals surface area contributed by atoms with Crippen LogP contribution in [0.3, 0.4) is 0 Å². The number of hydrogen-bond donors (Lipinski definition) is 0. The monoisotopic (exact) mass is 373 g/mol. The van der Waals surface area contributed by atoms with Crippen molar-refractivity contribution in [3.8, 4) is 0 Å². The first-order valence-electron chi connectivity index (χ1n) is 6.39. The molecule has 0 heterocycles. The van der Waals surface area contributed by atoms with Crippen LogP contribution < -0.4 is 4.31 Å². The molecule has 0 N–H and O–H groups in total. The number of benzene rings is 2. The van der Waals surface area contributed by atoms with Gasteiger partial charge in [-0.1, -0.05) is 23.2 Å². The first kappa shape index (κ1) is 17.6. The van der Waals surface area contributed by atoms with E-state index in [0.29, 0.717) is 11.3 Å². The second kappa shape index (κ2) is 6.78. The summed E-state index contributed by atoms with van der Waals surface area (Å²) >= 11 is 11.7. The topological polar surface area (TPSA) is 63.7 Å². The smallest absolute Gasteiger partial charge is 0.337 e. The summed E-state index contributed by atoms with van der Waals surface area (Å²) in [5.41, 5.74) is 0.710. The molecule has 2 rings (SSSR count). The predicted molar refractivity (Wildman–Crippen MR) is 89.8 cm³/mol. The molecule has 0 aliphatic rings. The first-order valence-corrected chi connectivity index (χ1v) is 8.58. The van der Waals surface area contributed by atoms with Gasteiger partial charge in [-0.05, 0) is 42.5 Å². The van der Waals surface area contributed by atoms with Gasteiger partial charge in [-0.2, -0.15) is 0 Å². The van der Waals surface area contributed by atoms with Gasteiger partial charge in [-0.15, -0.1) is 0 Å². The van der Waals surface area contributed by atoms with Gasteiger partial charge < -0.3 is 4.74 Å². The maximum atomic E-state index is 12.6. The minimum atomic E-state index is -3.83. The first-order chi connectivity index (χ1) is 10.8. The number of carbonyl (C=O) groups is 1. The van der Waals surface area contributed by atoms with E-state index in [1.54, 1.807) is 0 Å². The molecule has 2 aromatic carbocycles. The Morgan fingerprint density at radius 1 is 1.04 bits per heavy atom. The van der Waals surface area contributed by atoms with Crippen molar-refractivity contribution in [2.24, 2.45) is 0 Å². The Kier molecular flexibility index (Phi) is 5.19. The highest BCUT2D eigenvalue weighted by Crippen LogP contribution is 2.27. The SMILES string of the molecule is COC(=O)c1ccc(N(C)S(=O)(=O)c2cc(Cl)cc(Cl)c2)cc1. The number of nitrogens with zero attached hydrogens (tertiary/aromatic N) is 1. The van der Waals surface area contributed by atoms with Crippen LogP contribution in [0.2, 0.25) is 10.0 Å². The second-order valence-electron chi connectivity index (χ2n) is 4.62. The number of ether oxygens (including phenoxy) is 1. The Hall–Kier alpha value is -1.76. The molecule has 0 aliphatic heterocycles. The van der Waals surface area contributed by atoms with Crippen molar-refractivity contribution in [2.45, 2.75) is 4.90 Å². The zero-order chi connectivity index (χ0) is 17.2. The van der Waals surface area contributed by atoms with Crippen LogP contribution in [0, 0.1) is 0 Å². The van der Waals surface area contributed by atoms with Crippen molar-refractivity contribution in [1.29, 1.82) is 0 Å². The normalized spacial score (nSPS) is 11.1. The van der Waals surface area contributed by atoms with E-state index in [1.165, 1.54) is 56.6 Å². The van der Waals surface area contributed by atoms with Gasteiger partial charge in [0.25, 0.3) is 10.0 Å². The number of rotatable bonds is 4. The third-order valence-corrected chi connectivity index (χ3v) is 5.35. The van der Waals surface area contributed by atoms with Crippen LogP contribution in [0.5, 0.6) is 0 Å². The Morgan fingerprint density at radius 3 is 2.04 bits per heavy atom. The molecule has 0 aliphatic carbocycles. The van der Waals surface area contributed by atoms with Crippen LogP contribution in [0.1, 0.15) is 10.4 Å². The molecule has 0 radical (unpaired) electrons. The quantitative estimate of drug-likeness (QED) is 0.767. The van der Waals surface area contributed by atoms with Crippen LogP contribution >= 0.6 is 23.2 Å². The lowest BCUT2D eigenvalue weighted by Crippen LogP contribution is -2.26. The Labute approximate surface area is 144 Å². The van der Waals surface area contributed by atoms with Crippen molar-refractivity contribution < 1.29 is 17.9 Å². The molecular formula is C15H13Cl2NO4S. The van der Waals surface area contributed by atoms with E-state index in [9.17, 15) is 13.2 Å².